The van der Waals surface area contributed by atoms with Gasteiger partial charge in [0.25, 0.3) is 5.91 Å². The third-order valence-corrected chi connectivity index (χ3v) is 8.79. The zero-order chi connectivity index (χ0) is 20.7. The quantitative estimate of drug-likeness (QED) is 0.618. The first-order valence-corrected chi connectivity index (χ1v) is 12.6. The number of piperidine rings is 1. The fraction of sp³-hybridized carbons (Fsp3) is 0.400. The van der Waals surface area contributed by atoms with Crippen molar-refractivity contribution >= 4 is 38.5 Å². The van der Waals surface area contributed by atoms with Crippen molar-refractivity contribution in [2.75, 3.05) is 24.6 Å². The molecule has 2 aliphatic heterocycles. The monoisotopic (exact) mass is 443 g/mol. The van der Waals surface area contributed by atoms with Crippen LogP contribution in [0, 0.1) is 11.8 Å². The molecule has 0 spiro atoms. The van der Waals surface area contributed by atoms with Crippen LogP contribution in [-0.4, -0.2) is 59.9 Å². The lowest BCUT2D eigenvalue weighted by Crippen LogP contribution is -2.51. The number of hydrogen-bond donors (Lipinski definition) is 0. The lowest BCUT2D eigenvalue weighted by atomic mass is 9.91. The summed E-state index contributed by atoms with van der Waals surface area (Å²) in [7, 11) is -2.63. The molecular formula is C20H21N5O3S2. The predicted molar refractivity (Wildman–Crippen MR) is 114 cm³/mol. The van der Waals surface area contributed by atoms with E-state index in [2.05, 4.69) is 14.3 Å². The maximum atomic E-state index is 13.4. The molecule has 3 aromatic rings. The Morgan fingerprint density at radius 2 is 2.00 bits per heavy atom. The summed E-state index contributed by atoms with van der Waals surface area (Å²) in [4.78, 5) is 35.6. The zero-order valence-corrected chi connectivity index (χ0v) is 17.8. The highest BCUT2D eigenvalue weighted by atomic mass is 32.2. The van der Waals surface area contributed by atoms with E-state index in [1.165, 1.54) is 11.3 Å². The van der Waals surface area contributed by atoms with Crippen LogP contribution in [-0.2, 0) is 20.9 Å². The first kappa shape index (κ1) is 19.4. The molecule has 2 saturated heterocycles. The van der Waals surface area contributed by atoms with Gasteiger partial charge in [-0.05, 0) is 30.4 Å². The average Bonchev–Trinajstić information content (AvgIpc) is 3.37. The number of thiazole rings is 1. The molecule has 10 heteroatoms. The molecule has 0 aromatic carbocycles. The molecule has 2 bridgehead atoms. The van der Waals surface area contributed by atoms with E-state index < -0.39 is 15.6 Å². The molecule has 8 nitrogen and oxygen atoms in total. The van der Waals surface area contributed by atoms with Crippen LogP contribution in [0.2, 0.25) is 0 Å². The minimum absolute atomic E-state index is 0.0608. The van der Waals surface area contributed by atoms with Crippen molar-refractivity contribution in [2.45, 2.75) is 12.8 Å². The number of fused-ring (bicyclic) bond motifs is 3. The van der Waals surface area contributed by atoms with Gasteiger partial charge in [-0.1, -0.05) is 0 Å². The van der Waals surface area contributed by atoms with Crippen LogP contribution in [0.5, 0.6) is 0 Å². The highest BCUT2D eigenvalue weighted by Crippen LogP contribution is 2.31. The van der Waals surface area contributed by atoms with Crippen LogP contribution < -0.4 is 0 Å². The van der Waals surface area contributed by atoms with Crippen molar-refractivity contribution in [1.82, 2.24) is 19.3 Å². The standard InChI is InChI=1S/C20H21N5O3S2/c26-19(6-17-10-29-13-22-17)25-7-14-5-15(8-25)12-30(28,11-14)23-20(27)16-1-2-18-21-3-4-24(18)9-16/h1-4,9-10,13-15H,5-8,11-12H2. The second-order valence-electron chi connectivity index (χ2n) is 8.04. The molecule has 2 unspecified atom stereocenters. The fourth-order valence-electron chi connectivity index (χ4n) is 4.48. The topological polar surface area (TPSA) is 97.0 Å². The van der Waals surface area contributed by atoms with E-state index in [0.717, 1.165) is 17.8 Å². The first-order chi connectivity index (χ1) is 14.5. The molecular weight excluding hydrogens is 422 g/mol. The molecule has 0 radical (unpaired) electrons. The van der Waals surface area contributed by atoms with Gasteiger partial charge in [0.15, 0.2) is 0 Å². The maximum Gasteiger partial charge on any atom is 0.286 e. The molecule has 5 heterocycles. The molecule has 2 amide bonds. The third kappa shape index (κ3) is 3.89. The van der Waals surface area contributed by atoms with Crippen molar-refractivity contribution in [3.05, 3.63) is 52.9 Å². The van der Waals surface area contributed by atoms with Gasteiger partial charge < -0.3 is 9.30 Å². The molecule has 0 aliphatic carbocycles. The van der Waals surface area contributed by atoms with Crippen LogP contribution in [0.15, 0.2) is 46.0 Å². The SMILES string of the molecule is O=C(N=S1(=O)CC2CC(CN(C(=O)Cc3cscn3)C2)C1)c1ccc2nccn2c1. The Kier molecular flexibility index (Phi) is 4.90. The summed E-state index contributed by atoms with van der Waals surface area (Å²) < 4.78 is 19.4. The summed E-state index contributed by atoms with van der Waals surface area (Å²) in [5.41, 5.74) is 3.66. The Bertz CT molecular complexity index is 1210. The number of amides is 2. The summed E-state index contributed by atoms with van der Waals surface area (Å²) in [5.74, 6) is 0.554. The molecule has 30 heavy (non-hydrogen) atoms. The number of pyridine rings is 1. The van der Waals surface area contributed by atoms with Gasteiger partial charge in [-0.25, -0.2) is 14.2 Å². The molecule has 0 saturated carbocycles. The van der Waals surface area contributed by atoms with Crippen molar-refractivity contribution in [3.63, 3.8) is 0 Å². The first-order valence-electron chi connectivity index (χ1n) is 9.82. The number of carbonyl (C=O) groups excluding carboxylic acids is 2. The van der Waals surface area contributed by atoms with Crippen LogP contribution in [0.1, 0.15) is 22.5 Å². The largest absolute Gasteiger partial charge is 0.342 e. The fourth-order valence-corrected chi connectivity index (χ4v) is 7.69. The van der Waals surface area contributed by atoms with Gasteiger partial charge in [-0.3, -0.25) is 9.59 Å². The summed E-state index contributed by atoms with van der Waals surface area (Å²) in [5, 5.41) is 1.89. The van der Waals surface area contributed by atoms with Crippen LogP contribution >= 0.6 is 11.3 Å². The van der Waals surface area contributed by atoms with E-state index in [-0.39, 0.29) is 17.7 Å². The Morgan fingerprint density at radius 3 is 2.73 bits per heavy atom. The number of rotatable bonds is 3. The second kappa shape index (κ2) is 7.59. The highest BCUT2D eigenvalue weighted by molar-refractivity contribution is 7.94. The summed E-state index contributed by atoms with van der Waals surface area (Å²) in [6, 6.07) is 3.41. The number of aromatic nitrogens is 3. The Balaban J connectivity index is 1.31. The second-order valence-corrected chi connectivity index (χ2v) is 11.1. The van der Waals surface area contributed by atoms with Crippen LogP contribution in [0.25, 0.3) is 5.65 Å². The molecule has 3 aromatic heterocycles. The molecule has 2 atom stereocenters. The van der Waals surface area contributed by atoms with Gasteiger partial charge in [0.2, 0.25) is 5.91 Å². The zero-order valence-electron chi connectivity index (χ0n) is 16.2. The number of carbonyl (C=O) groups is 2. The number of nitrogens with zero attached hydrogens (tertiary/aromatic N) is 5. The van der Waals surface area contributed by atoms with E-state index in [1.54, 1.807) is 40.6 Å². The Morgan fingerprint density at radius 1 is 1.20 bits per heavy atom. The van der Waals surface area contributed by atoms with Crippen molar-refractivity contribution in [3.8, 4) is 0 Å². The minimum Gasteiger partial charge on any atom is -0.342 e. The van der Waals surface area contributed by atoms with E-state index in [4.69, 9.17) is 0 Å². The Hall–Kier alpha value is -2.59. The summed E-state index contributed by atoms with van der Waals surface area (Å²) >= 11 is 1.48. The molecule has 156 valence electrons. The van der Waals surface area contributed by atoms with Crippen LogP contribution in [0.3, 0.4) is 0 Å². The van der Waals surface area contributed by atoms with E-state index in [1.807, 2.05) is 10.3 Å². The number of imidazole rings is 1. The van der Waals surface area contributed by atoms with E-state index in [9.17, 15) is 13.8 Å². The van der Waals surface area contributed by atoms with Gasteiger partial charge in [0, 0.05) is 48.6 Å². The average molecular weight is 444 g/mol. The van der Waals surface area contributed by atoms with Gasteiger partial charge >= 0.3 is 0 Å². The normalized spacial score (nSPS) is 25.9. The third-order valence-electron chi connectivity index (χ3n) is 5.67. The van der Waals surface area contributed by atoms with E-state index >= 15 is 0 Å². The van der Waals surface area contributed by atoms with Gasteiger partial charge in [0.05, 0.1) is 32.9 Å². The lowest BCUT2D eigenvalue weighted by molar-refractivity contribution is -0.133. The molecule has 2 aliphatic rings. The van der Waals surface area contributed by atoms with Crippen LogP contribution in [0.4, 0.5) is 0 Å². The van der Waals surface area contributed by atoms with Gasteiger partial charge in [0.1, 0.15) is 5.65 Å². The predicted octanol–water partition coefficient (Wildman–Crippen LogP) is 2.12. The van der Waals surface area contributed by atoms with E-state index in [0.29, 0.717) is 36.6 Å². The summed E-state index contributed by atoms with van der Waals surface area (Å²) in [6.45, 7) is 1.14. The van der Waals surface area contributed by atoms with Crippen molar-refractivity contribution in [1.29, 1.82) is 0 Å². The summed E-state index contributed by atoms with van der Waals surface area (Å²) in [6.07, 6.45) is 6.32. The van der Waals surface area contributed by atoms with Gasteiger partial charge in [-0.15, -0.1) is 11.3 Å². The minimum atomic E-state index is -2.63. The lowest BCUT2D eigenvalue weighted by Gasteiger charge is -2.42. The smallest absolute Gasteiger partial charge is 0.286 e. The molecule has 2 fully saturated rings. The molecule has 0 N–H and O–H groups in total. The van der Waals surface area contributed by atoms with Gasteiger partial charge in [-0.2, -0.15) is 4.36 Å². The van der Waals surface area contributed by atoms with Crippen molar-refractivity contribution in [2.24, 2.45) is 16.2 Å². The maximum absolute atomic E-state index is 13.4. The number of likely N-dealkylation sites (tertiary alicyclic amines) is 1. The Labute approximate surface area is 178 Å². The van der Waals surface area contributed by atoms with Crippen molar-refractivity contribution < 1.29 is 13.8 Å². The molecule has 5 rings (SSSR count). The highest BCUT2D eigenvalue weighted by Gasteiger charge is 2.38. The number of hydrogen-bond acceptors (Lipinski definition) is 6.